The van der Waals surface area contributed by atoms with E-state index in [1.807, 2.05) is 27.7 Å². The topological polar surface area (TPSA) is 72.2 Å². The second-order valence-electron chi connectivity index (χ2n) is 5.25. The van der Waals surface area contributed by atoms with Gasteiger partial charge in [-0.1, -0.05) is 18.7 Å². The lowest BCUT2D eigenvalue weighted by atomic mass is 10.0. The smallest absolute Gasteiger partial charge is 0.253 e. The summed E-state index contributed by atoms with van der Waals surface area (Å²) in [5, 5.41) is 7.60. The lowest BCUT2D eigenvalue weighted by molar-refractivity contribution is -0.121. The minimum absolute atomic E-state index is 0.00587. The van der Waals surface area contributed by atoms with Crippen molar-refractivity contribution < 1.29 is 4.79 Å². The normalized spacial score (nSPS) is 13.4. The van der Waals surface area contributed by atoms with Crippen LogP contribution >= 0.6 is 11.8 Å². The van der Waals surface area contributed by atoms with Crippen LogP contribution in [0.3, 0.4) is 0 Å². The van der Waals surface area contributed by atoms with Gasteiger partial charge in [0.1, 0.15) is 0 Å². The Morgan fingerprint density at radius 2 is 2.30 bits per heavy atom. The highest BCUT2D eigenvalue weighted by Crippen LogP contribution is 2.21. The zero-order chi connectivity index (χ0) is 14.8. The van der Waals surface area contributed by atoms with E-state index in [1.165, 1.54) is 11.8 Å². The van der Waals surface area contributed by atoms with Crippen LogP contribution in [0, 0.1) is 0 Å². The molecule has 0 aliphatic carbocycles. The molecule has 0 radical (unpaired) electrons. The van der Waals surface area contributed by atoms with E-state index in [9.17, 15) is 4.79 Å². The van der Waals surface area contributed by atoms with Gasteiger partial charge >= 0.3 is 0 Å². The van der Waals surface area contributed by atoms with Gasteiger partial charge in [-0.3, -0.25) is 4.79 Å². The molecule has 0 spiro atoms. The summed E-state index contributed by atoms with van der Waals surface area (Å²) in [6.45, 7) is 7.92. The zero-order valence-corrected chi connectivity index (χ0v) is 12.9. The number of hydrogen-bond donors (Lipinski definition) is 1. The molecule has 0 saturated heterocycles. The number of fused-ring (bicyclic) bond motifs is 1. The molecule has 0 aliphatic heterocycles. The predicted molar refractivity (Wildman–Crippen MR) is 78.6 cm³/mol. The van der Waals surface area contributed by atoms with E-state index in [2.05, 4.69) is 20.4 Å². The molecule has 108 valence electrons. The van der Waals surface area contributed by atoms with Gasteiger partial charge in [0.25, 0.3) is 5.78 Å². The Balaban J connectivity index is 2.03. The molecule has 20 heavy (non-hydrogen) atoms. The first-order chi connectivity index (χ1) is 9.41. The number of rotatable bonds is 5. The Hall–Kier alpha value is -1.63. The monoisotopic (exact) mass is 293 g/mol. The van der Waals surface area contributed by atoms with Gasteiger partial charge in [0.05, 0.1) is 5.25 Å². The van der Waals surface area contributed by atoms with Crippen LogP contribution in [0.2, 0.25) is 0 Å². The fraction of sp³-hybridized carbons (Fsp3) is 0.538. The maximum atomic E-state index is 12.1. The molecule has 2 aromatic rings. The van der Waals surface area contributed by atoms with Crippen molar-refractivity contribution >= 4 is 23.4 Å². The van der Waals surface area contributed by atoms with Gasteiger partial charge in [-0.2, -0.15) is 4.98 Å². The summed E-state index contributed by atoms with van der Waals surface area (Å²) in [5.41, 5.74) is -0.195. The Morgan fingerprint density at radius 3 is 2.95 bits per heavy atom. The number of amides is 1. The van der Waals surface area contributed by atoms with Crippen LogP contribution in [0.15, 0.2) is 23.6 Å². The number of nitrogens with zero attached hydrogens (tertiary/aromatic N) is 4. The number of aromatic nitrogens is 4. The van der Waals surface area contributed by atoms with Gasteiger partial charge in [0.15, 0.2) is 0 Å². The maximum absolute atomic E-state index is 12.1. The highest BCUT2D eigenvalue weighted by Gasteiger charge is 2.23. The molecule has 0 aromatic carbocycles. The van der Waals surface area contributed by atoms with E-state index in [4.69, 9.17) is 0 Å². The predicted octanol–water partition coefficient (Wildman–Crippen LogP) is 1.91. The summed E-state index contributed by atoms with van der Waals surface area (Å²) >= 11 is 1.33. The van der Waals surface area contributed by atoms with Crippen molar-refractivity contribution in [3.05, 3.63) is 18.5 Å². The van der Waals surface area contributed by atoms with Crippen molar-refractivity contribution in [1.82, 2.24) is 24.9 Å². The highest BCUT2D eigenvalue weighted by molar-refractivity contribution is 8.00. The van der Waals surface area contributed by atoms with Gasteiger partial charge < -0.3 is 5.32 Å². The summed E-state index contributed by atoms with van der Waals surface area (Å²) in [4.78, 5) is 20.5. The Labute approximate surface area is 122 Å². The second kappa shape index (κ2) is 5.78. The number of carbonyl (C=O) groups is 1. The molecule has 7 heteroatoms. The van der Waals surface area contributed by atoms with Crippen LogP contribution < -0.4 is 5.32 Å². The van der Waals surface area contributed by atoms with Crippen LogP contribution in [0.4, 0.5) is 0 Å². The molecule has 2 heterocycles. The van der Waals surface area contributed by atoms with E-state index < -0.39 is 0 Å². The van der Waals surface area contributed by atoms with E-state index >= 15 is 0 Å². The highest BCUT2D eigenvalue weighted by atomic mass is 32.2. The Kier molecular flexibility index (Phi) is 4.27. The van der Waals surface area contributed by atoms with Crippen molar-refractivity contribution in [2.75, 3.05) is 0 Å². The van der Waals surface area contributed by atoms with Crippen molar-refractivity contribution in [3.8, 4) is 0 Å². The molecular formula is C13H19N5OS. The standard InChI is InChI=1S/C13H19N5OS/c1-5-13(3,4)16-10(19)9(2)20-12-15-11-14-7-6-8-18(11)17-12/h6-9H,5H2,1-4H3,(H,16,19). The number of thioether (sulfide) groups is 1. The second-order valence-corrected chi connectivity index (χ2v) is 6.55. The lowest BCUT2D eigenvalue weighted by Gasteiger charge is -2.26. The largest absolute Gasteiger partial charge is 0.350 e. The van der Waals surface area contributed by atoms with Gasteiger partial charge in [-0.25, -0.2) is 9.50 Å². The van der Waals surface area contributed by atoms with E-state index in [1.54, 1.807) is 23.0 Å². The average molecular weight is 293 g/mol. The van der Waals surface area contributed by atoms with Gasteiger partial charge in [-0.05, 0) is 33.3 Å². The quantitative estimate of drug-likeness (QED) is 0.853. The van der Waals surface area contributed by atoms with E-state index in [-0.39, 0.29) is 16.7 Å². The number of nitrogens with one attached hydrogen (secondary N) is 1. The van der Waals surface area contributed by atoms with E-state index in [0.717, 1.165) is 6.42 Å². The maximum Gasteiger partial charge on any atom is 0.253 e. The summed E-state index contributed by atoms with van der Waals surface area (Å²) in [6, 6.07) is 1.79. The third kappa shape index (κ3) is 3.47. The molecule has 2 rings (SSSR count). The molecule has 6 nitrogen and oxygen atoms in total. The zero-order valence-electron chi connectivity index (χ0n) is 12.1. The average Bonchev–Trinajstić information content (AvgIpc) is 2.80. The molecule has 1 N–H and O–H groups in total. The fourth-order valence-corrected chi connectivity index (χ4v) is 2.25. The molecule has 2 aromatic heterocycles. The van der Waals surface area contributed by atoms with Crippen molar-refractivity contribution in [1.29, 1.82) is 0 Å². The SMILES string of the molecule is CCC(C)(C)NC(=O)C(C)Sc1nc2ncccn2n1. The molecule has 0 bridgehead atoms. The Bertz CT molecular complexity index is 577. The van der Waals surface area contributed by atoms with Gasteiger partial charge in [-0.15, -0.1) is 5.10 Å². The summed E-state index contributed by atoms with van der Waals surface area (Å²) < 4.78 is 1.60. The van der Waals surface area contributed by atoms with Gasteiger partial charge in [0.2, 0.25) is 11.1 Å². The van der Waals surface area contributed by atoms with Crippen LogP contribution in [-0.4, -0.2) is 36.3 Å². The minimum Gasteiger partial charge on any atom is -0.350 e. The molecule has 0 aliphatic rings. The molecule has 1 amide bonds. The first kappa shape index (κ1) is 14.8. The van der Waals surface area contributed by atoms with Crippen LogP contribution in [-0.2, 0) is 4.79 Å². The number of carbonyl (C=O) groups excluding carboxylic acids is 1. The Morgan fingerprint density at radius 1 is 1.55 bits per heavy atom. The minimum atomic E-state index is -0.252. The summed E-state index contributed by atoms with van der Waals surface area (Å²) in [6.07, 6.45) is 4.33. The molecule has 0 saturated carbocycles. The van der Waals surface area contributed by atoms with Crippen LogP contribution in [0.1, 0.15) is 34.1 Å². The first-order valence-corrected chi connectivity index (χ1v) is 7.45. The van der Waals surface area contributed by atoms with Crippen LogP contribution in [0.25, 0.3) is 5.78 Å². The third-order valence-corrected chi connectivity index (χ3v) is 4.05. The molecular weight excluding hydrogens is 274 g/mol. The first-order valence-electron chi connectivity index (χ1n) is 6.57. The lowest BCUT2D eigenvalue weighted by Crippen LogP contribution is -2.46. The number of hydrogen-bond acceptors (Lipinski definition) is 5. The third-order valence-electron chi connectivity index (χ3n) is 3.09. The summed E-state index contributed by atoms with van der Waals surface area (Å²) in [5.74, 6) is 0.533. The van der Waals surface area contributed by atoms with Crippen molar-refractivity contribution in [3.63, 3.8) is 0 Å². The summed E-state index contributed by atoms with van der Waals surface area (Å²) in [7, 11) is 0. The van der Waals surface area contributed by atoms with Crippen molar-refractivity contribution in [2.45, 2.75) is 50.1 Å². The van der Waals surface area contributed by atoms with Crippen LogP contribution in [0.5, 0.6) is 0 Å². The molecule has 1 unspecified atom stereocenters. The van der Waals surface area contributed by atoms with Gasteiger partial charge in [0, 0.05) is 17.9 Å². The van der Waals surface area contributed by atoms with Crippen molar-refractivity contribution in [2.24, 2.45) is 0 Å². The molecule has 0 fully saturated rings. The van der Waals surface area contributed by atoms with E-state index in [0.29, 0.717) is 10.9 Å². The fourth-order valence-electron chi connectivity index (χ4n) is 1.50. The molecule has 1 atom stereocenters.